The lowest BCUT2D eigenvalue weighted by Crippen LogP contribution is -2.62. The van der Waals surface area contributed by atoms with Crippen LogP contribution in [0.3, 0.4) is 0 Å². The molecule has 1 heterocycles. The summed E-state index contributed by atoms with van der Waals surface area (Å²) in [5, 5.41) is 8.65. The van der Waals surface area contributed by atoms with Crippen molar-refractivity contribution in [2.24, 2.45) is 40.2 Å². The number of nitrogens with two attached hydrogens (primary N) is 1. The molecule has 4 rings (SSSR count). The molecule has 6 atom stereocenters. The maximum Gasteiger partial charge on any atom is 0.315 e. The number of hydrogen-bond donors (Lipinski definition) is 4. The van der Waals surface area contributed by atoms with Crippen LogP contribution in [-0.4, -0.2) is 97.2 Å². The Balaban J connectivity index is 1.53. The maximum absolute atomic E-state index is 14.3. The molecule has 14 heteroatoms. The summed E-state index contributed by atoms with van der Waals surface area (Å²) in [7, 11) is -1.95. The Labute approximate surface area is 273 Å². The Bertz CT molecular complexity index is 1320. The first-order valence-electron chi connectivity index (χ1n) is 16.8. The molecular weight excluding hydrogens is 612 g/mol. The highest BCUT2D eigenvalue weighted by Gasteiger charge is 2.70. The van der Waals surface area contributed by atoms with Crippen molar-refractivity contribution in [3.63, 3.8) is 0 Å². The molecule has 5 amide bonds. The molecule has 3 aliphatic carbocycles. The third-order valence-electron chi connectivity index (χ3n) is 10.9. The van der Waals surface area contributed by atoms with Crippen LogP contribution < -0.4 is 21.7 Å². The zero-order chi connectivity index (χ0) is 34.4. The monoisotopic (exact) mass is 666 g/mol. The minimum Gasteiger partial charge on any atom is -0.363 e. The zero-order valence-corrected chi connectivity index (χ0v) is 29.2. The van der Waals surface area contributed by atoms with Crippen LogP contribution >= 0.6 is 0 Å². The molecule has 0 aromatic rings. The molecule has 1 unspecified atom stereocenters. The molecule has 260 valence electrons. The Hall–Kier alpha value is -2.74. The van der Waals surface area contributed by atoms with Gasteiger partial charge < -0.3 is 26.6 Å². The van der Waals surface area contributed by atoms with Crippen LogP contribution in [0.4, 0.5) is 4.79 Å². The third kappa shape index (κ3) is 7.69. The quantitative estimate of drug-likeness (QED) is 0.214. The Kier molecular flexibility index (Phi) is 10.5. The molecule has 13 nitrogen and oxygen atoms in total. The van der Waals surface area contributed by atoms with Gasteiger partial charge in [0, 0.05) is 26.2 Å². The summed E-state index contributed by atoms with van der Waals surface area (Å²) >= 11 is 0. The van der Waals surface area contributed by atoms with Gasteiger partial charge in [-0.2, -0.15) is 0 Å². The first-order chi connectivity index (χ1) is 21.3. The van der Waals surface area contributed by atoms with Gasteiger partial charge >= 0.3 is 6.03 Å². The van der Waals surface area contributed by atoms with Gasteiger partial charge in [-0.1, -0.05) is 53.9 Å². The molecule has 0 bridgehead atoms. The molecule has 0 spiro atoms. The number of piperidine rings is 1. The number of carbonyl (C=O) groups is 5. The molecule has 5 N–H and O–H groups in total. The number of nitrogens with zero attached hydrogens (tertiary/aromatic N) is 2. The fourth-order valence-corrected chi connectivity index (χ4v) is 8.48. The highest BCUT2D eigenvalue weighted by atomic mass is 32.2. The van der Waals surface area contributed by atoms with E-state index < -0.39 is 69.1 Å². The van der Waals surface area contributed by atoms with Crippen LogP contribution in [-0.2, 0) is 29.2 Å². The van der Waals surface area contributed by atoms with E-state index in [-0.39, 0.29) is 41.4 Å². The molecule has 0 aromatic carbocycles. The van der Waals surface area contributed by atoms with Crippen LogP contribution in [0.15, 0.2) is 0 Å². The first-order valence-corrected chi connectivity index (χ1v) is 18.4. The molecule has 1 saturated heterocycles. The highest BCUT2D eigenvalue weighted by molar-refractivity contribution is 7.89. The van der Waals surface area contributed by atoms with Crippen molar-refractivity contribution in [3.8, 4) is 0 Å². The number of hydrogen-bond acceptors (Lipinski definition) is 7. The van der Waals surface area contributed by atoms with E-state index in [1.54, 1.807) is 6.92 Å². The fourth-order valence-electron chi connectivity index (χ4n) is 7.65. The maximum atomic E-state index is 14.3. The van der Waals surface area contributed by atoms with E-state index in [4.69, 9.17) is 5.73 Å². The summed E-state index contributed by atoms with van der Waals surface area (Å²) < 4.78 is 26.4. The number of amides is 5. The fraction of sp³-hybridized carbons (Fsp3) is 0.844. The predicted molar refractivity (Wildman–Crippen MR) is 172 cm³/mol. The normalized spacial score (nSPS) is 26.4. The van der Waals surface area contributed by atoms with Crippen molar-refractivity contribution in [1.29, 1.82) is 0 Å². The van der Waals surface area contributed by atoms with Gasteiger partial charge in [-0.25, -0.2) is 17.5 Å². The second-order valence-corrected chi connectivity index (χ2v) is 17.9. The summed E-state index contributed by atoms with van der Waals surface area (Å²) in [5.41, 5.74) is 4.34. The Morgan fingerprint density at radius 2 is 1.57 bits per heavy atom. The molecule has 1 aliphatic heterocycles. The van der Waals surface area contributed by atoms with Gasteiger partial charge in [0.2, 0.25) is 27.6 Å². The van der Waals surface area contributed by atoms with Crippen molar-refractivity contribution in [3.05, 3.63) is 0 Å². The van der Waals surface area contributed by atoms with Crippen LogP contribution in [0.1, 0.15) is 86.5 Å². The van der Waals surface area contributed by atoms with E-state index in [9.17, 15) is 32.4 Å². The van der Waals surface area contributed by atoms with E-state index in [0.29, 0.717) is 19.4 Å². The largest absolute Gasteiger partial charge is 0.363 e. The van der Waals surface area contributed by atoms with E-state index in [1.807, 2.05) is 34.6 Å². The second kappa shape index (κ2) is 13.4. The number of carbonyl (C=O) groups excluding carboxylic acids is 5. The molecule has 4 fully saturated rings. The van der Waals surface area contributed by atoms with Crippen molar-refractivity contribution >= 4 is 39.6 Å². The standard InChI is InChI=1S/C32H54N6O7S/c1-8-46(44,45)37(7)17-21(18-12-10-9-11-13-18)34-30(43)36-26(31(2,3)4)29(42)38-16-20-22(32(20,5)6)24(38)28(41)35-23(19-14-15-19)25(39)27(33)40/h18-24,26H,8-17H2,1-7H3,(H2,33,40)(H,35,41)(H2,34,36,43)/t20-,21+,22-,23?,24-,26+/m0/s1. The molecular formula is C32H54N6O7S. The summed E-state index contributed by atoms with van der Waals surface area (Å²) in [5.74, 6) is -3.02. The lowest BCUT2D eigenvalue weighted by atomic mass is 9.83. The minimum atomic E-state index is -3.47. The lowest BCUT2D eigenvalue weighted by Gasteiger charge is -2.38. The molecule has 0 radical (unpaired) electrons. The average molecular weight is 667 g/mol. The van der Waals surface area contributed by atoms with Crippen LogP contribution in [0.2, 0.25) is 0 Å². The number of fused-ring (bicyclic) bond motifs is 1. The van der Waals surface area contributed by atoms with Gasteiger partial charge in [0.15, 0.2) is 0 Å². The van der Waals surface area contributed by atoms with Crippen LogP contribution in [0.5, 0.6) is 0 Å². The van der Waals surface area contributed by atoms with Crippen LogP contribution in [0, 0.1) is 34.5 Å². The van der Waals surface area contributed by atoms with Gasteiger partial charge in [0.25, 0.3) is 5.91 Å². The summed E-state index contributed by atoms with van der Waals surface area (Å²) in [4.78, 5) is 67.5. The Morgan fingerprint density at radius 3 is 2.09 bits per heavy atom. The van der Waals surface area contributed by atoms with Crippen molar-refractivity contribution in [1.82, 2.24) is 25.2 Å². The van der Waals surface area contributed by atoms with E-state index in [2.05, 4.69) is 16.0 Å². The molecule has 4 aliphatic rings. The number of primary amides is 1. The Morgan fingerprint density at radius 1 is 0.957 bits per heavy atom. The number of likely N-dealkylation sites (N-methyl/N-ethyl adjacent to an activating group) is 1. The van der Waals surface area contributed by atoms with Crippen LogP contribution in [0.25, 0.3) is 0 Å². The number of rotatable bonds is 13. The average Bonchev–Trinajstić information content (AvgIpc) is 3.86. The van der Waals surface area contributed by atoms with Crippen molar-refractivity contribution in [2.45, 2.75) is 111 Å². The first kappa shape index (κ1) is 36.1. The number of likely N-dealkylation sites (tertiary alicyclic amines) is 1. The summed E-state index contributed by atoms with van der Waals surface area (Å²) in [6.07, 6.45) is 6.24. The predicted octanol–water partition coefficient (Wildman–Crippen LogP) is 1.36. The molecule has 3 saturated carbocycles. The number of sulfonamides is 1. The number of urea groups is 1. The molecule has 46 heavy (non-hydrogen) atoms. The minimum absolute atomic E-state index is 0.0465. The summed E-state index contributed by atoms with van der Waals surface area (Å²) in [6, 6.07) is -3.90. The van der Waals surface area contributed by atoms with Crippen molar-refractivity contribution in [2.75, 3.05) is 25.9 Å². The highest BCUT2D eigenvalue weighted by Crippen LogP contribution is 2.65. The second-order valence-electron chi connectivity index (χ2n) is 15.5. The summed E-state index contributed by atoms with van der Waals surface area (Å²) in [6.45, 7) is 11.6. The number of Topliss-reactive ketones (excluding diaryl/α,β-unsaturated/α-hetero) is 1. The number of nitrogens with one attached hydrogen (secondary N) is 3. The van der Waals surface area contributed by atoms with E-state index >= 15 is 0 Å². The van der Waals surface area contributed by atoms with Crippen molar-refractivity contribution < 1.29 is 32.4 Å². The third-order valence-corrected chi connectivity index (χ3v) is 12.7. The smallest absolute Gasteiger partial charge is 0.315 e. The van der Waals surface area contributed by atoms with Gasteiger partial charge in [0.05, 0.1) is 5.75 Å². The van der Waals surface area contributed by atoms with E-state index in [1.165, 1.54) is 16.3 Å². The van der Waals surface area contributed by atoms with E-state index in [0.717, 1.165) is 32.1 Å². The topological polar surface area (TPSA) is 188 Å². The van der Waals surface area contributed by atoms with Gasteiger partial charge in [-0.15, -0.1) is 0 Å². The zero-order valence-electron chi connectivity index (χ0n) is 28.4. The molecule has 0 aromatic heterocycles. The number of ketones is 1. The lowest BCUT2D eigenvalue weighted by molar-refractivity contribution is -0.145. The van der Waals surface area contributed by atoms with Gasteiger partial charge in [0.1, 0.15) is 18.1 Å². The SMILES string of the molecule is CCS(=O)(=O)N(C)C[C@@H](NC(=O)N[C@H](C(=O)N1C[C@H]2[C@@H]([C@H]1C(=O)NC(C(=O)C(N)=O)C1CC1)C2(C)C)C(C)(C)C)C1CCCCC1. The van der Waals surface area contributed by atoms with Gasteiger partial charge in [-0.05, 0) is 67.1 Å². The van der Waals surface area contributed by atoms with Gasteiger partial charge in [-0.3, -0.25) is 19.2 Å².